The van der Waals surface area contributed by atoms with Gasteiger partial charge in [0.15, 0.2) is 11.5 Å². The summed E-state index contributed by atoms with van der Waals surface area (Å²) in [6, 6.07) is 11.6. The molecule has 1 aliphatic heterocycles. The number of benzene rings is 1. The summed E-state index contributed by atoms with van der Waals surface area (Å²) in [6.07, 6.45) is 2.36. The summed E-state index contributed by atoms with van der Waals surface area (Å²) < 4.78 is 1.42. The summed E-state index contributed by atoms with van der Waals surface area (Å²) in [7, 11) is 0. The van der Waals surface area contributed by atoms with Gasteiger partial charge in [0.2, 0.25) is 5.91 Å². The molecule has 2 aromatic heterocycles. The highest BCUT2D eigenvalue weighted by Crippen LogP contribution is 2.22. The average Bonchev–Trinajstić information content (AvgIpc) is 3.16. The van der Waals surface area contributed by atoms with Gasteiger partial charge in [-0.25, -0.2) is 0 Å². The molecule has 0 radical (unpaired) electrons. The van der Waals surface area contributed by atoms with E-state index < -0.39 is 0 Å². The van der Waals surface area contributed by atoms with Crippen LogP contribution in [-0.4, -0.2) is 50.3 Å². The first-order chi connectivity index (χ1) is 13.6. The van der Waals surface area contributed by atoms with Crippen molar-refractivity contribution in [1.29, 1.82) is 0 Å². The molecule has 1 aliphatic rings. The highest BCUT2D eigenvalue weighted by molar-refractivity contribution is 6.30. The average molecular weight is 400 g/mol. The van der Waals surface area contributed by atoms with Gasteiger partial charge in [-0.05, 0) is 66.4 Å². The number of hydrogen-bond donors (Lipinski definition) is 1. The molecule has 1 aromatic carbocycles. The van der Waals surface area contributed by atoms with Gasteiger partial charge in [0.25, 0.3) is 0 Å². The first kappa shape index (κ1) is 18.6. The number of anilines is 1. The van der Waals surface area contributed by atoms with Crippen LogP contribution in [0.5, 0.6) is 0 Å². The fraction of sp³-hybridized carbons (Fsp3) is 0.421. The first-order valence-corrected chi connectivity index (χ1v) is 9.81. The van der Waals surface area contributed by atoms with E-state index in [2.05, 4.69) is 30.8 Å². The minimum Gasteiger partial charge on any atom is -0.355 e. The lowest BCUT2D eigenvalue weighted by Crippen LogP contribution is -2.44. The SMILES string of the molecule is C[C@@H](Cc1cccc(Cl)c1)NC(=O)C1CCN(c2ccc3nnnn3n2)CC1. The number of carbonyl (C=O) groups is 1. The zero-order chi connectivity index (χ0) is 19.5. The van der Waals surface area contributed by atoms with Crippen LogP contribution in [0.1, 0.15) is 25.3 Å². The number of amides is 1. The van der Waals surface area contributed by atoms with E-state index in [0.717, 1.165) is 48.8 Å². The third-order valence-corrected chi connectivity index (χ3v) is 5.30. The predicted molar refractivity (Wildman–Crippen MR) is 106 cm³/mol. The van der Waals surface area contributed by atoms with Gasteiger partial charge in [0.1, 0.15) is 0 Å². The van der Waals surface area contributed by atoms with E-state index in [1.165, 1.54) is 4.63 Å². The third-order valence-electron chi connectivity index (χ3n) is 5.06. The number of halogens is 1. The molecule has 9 heteroatoms. The Labute approximate surface area is 167 Å². The van der Waals surface area contributed by atoms with Crippen molar-refractivity contribution in [3.05, 3.63) is 47.0 Å². The molecule has 4 rings (SSSR count). The molecule has 146 valence electrons. The van der Waals surface area contributed by atoms with Crippen molar-refractivity contribution in [3.8, 4) is 0 Å². The quantitative estimate of drug-likeness (QED) is 0.707. The monoisotopic (exact) mass is 399 g/mol. The van der Waals surface area contributed by atoms with Crippen LogP contribution in [0.3, 0.4) is 0 Å². The molecular weight excluding hydrogens is 378 g/mol. The number of carbonyl (C=O) groups excluding carboxylic acids is 1. The van der Waals surface area contributed by atoms with Gasteiger partial charge < -0.3 is 10.2 Å². The summed E-state index contributed by atoms with van der Waals surface area (Å²) >= 11 is 6.04. The van der Waals surface area contributed by atoms with Gasteiger partial charge in [-0.15, -0.1) is 14.8 Å². The maximum atomic E-state index is 12.6. The van der Waals surface area contributed by atoms with Crippen molar-refractivity contribution in [2.24, 2.45) is 5.92 Å². The Morgan fingerprint density at radius 1 is 1.29 bits per heavy atom. The number of piperidine rings is 1. The molecule has 28 heavy (non-hydrogen) atoms. The van der Waals surface area contributed by atoms with Crippen LogP contribution in [0.15, 0.2) is 36.4 Å². The van der Waals surface area contributed by atoms with Crippen LogP contribution in [0.4, 0.5) is 5.82 Å². The molecule has 0 spiro atoms. The van der Waals surface area contributed by atoms with E-state index in [4.69, 9.17) is 11.6 Å². The molecule has 0 unspecified atom stereocenters. The van der Waals surface area contributed by atoms with Crippen LogP contribution < -0.4 is 10.2 Å². The van der Waals surface area contributed by atoms with Gasteiger partial charge in [-0.1, -0.05) is 23.7 Å². The van der Waals surface area contributed by atoms with Crippen molar-refractivity contribution in [2.45, 2.75) is 32.2 Å². The largest absolute Gasteiger partial charge is 0.355 e. The Morgan fingerprint density at radius 2 is 2.11 bits per heavy atom. The summed E-state index contributed by atoms with van der Waals surface area (Å²) in [5.41, 5.74) is 1.74. The number of rotatable bonds is 5. The topological polar surface area (TPSA) is 88.3 Å². The van der Waals surface area contributed by atoms with E-state index >= 15 is 0 Å². The Bertz CT molecular complexity index is 968. The molecule has 1 N–H and O–H groups in total. The zero-order valence-corrected chi connectivity index (χ0v) is 16.4. The third kappa shape index (κ3) is 4.22. The Morgan fingerprint density at radius 3 is 2.89 bits per heavy atom. The molecule has 1 saturated heterocycles. The molecule has 3 aromatic rings. The van der Waals surface area contributed by atoms with Crippen LogP contribution in [0, 0.1) is 5.92 Å². The van der Waals surface area contributed by atoms with E-state index in [1.54, 1.807) is 0 Å². The molecule has 1 fully saturated rings. The van der Waals surface area contributed by atoms with Gasteiger partial charge >= 0.3 is 0 Å². The Hall–Kier alpha value is -2.74. The molecule has 0 saturated carbocycles. The van der Waals surface area contributed by atoms with E-state index in [9.17, 15) is 4.79 Å². The van der Waals surface area contributed by atoms with Crippen LogP contribution >= 0.6 is 11.6 Å². The Balaban J connectivity index is 1.29. The van der Waals surface area contributed by atoms with Gasteiger partial charge in [0, 0.05) is 30.1 Å². The van der Waals surface area contributed by atoms with Crippen molar-refractivity contribution in [3.63, 3.8) is 0 Å². The number of nitrogens with zero attached hydrogens (tertiary/aromatic N) is 6. The lowest BCUT2D eigenvalue weighted by atomic mass is 9.95. The number of tetrazole rings is 1. The highest BCUT2D eigenvalue weighted by Gasteiger charge is 2.26. The fourth-order valence-corrected chi connectivity index (χ4v) is 3.82. The predicted octanol–water partition coefficient (Wildman–Crippen LogP) is 2.14. The lowest BCUT2D eigenvalue weighted by Gasteiger charge is -2.32. The highest BCUT2D eigenvalue weighted by atomic mass is 35.5. The van der Waals surface area contributed by atoms with Gasteiger partial charge in [0.05, 0.1) is 0 Å². The van der Waals surface area contributed by atoms with E-state index in [0.29, 0.717) is 5.65 Å². The summed E-state index contributed by atoms with van der Waals surface area (Å²) in [4.78, 5) is 14.8. The van der Waals surface area contributed by atoms with Crippen molar-refractivity contribution < 1.29 is 4.79 Å². The minimum absolute atomic E-state index is 0.0230. The van der Waals surface area contributed by atoms with Crippen LogP contribution in [-0.2, 0) is 11.2 Å². The second kappa shape index (κ2) is 8.10. The van der Waals surface area contributed by atoms with Crippen molar-refractivity contribution in [1.82, 2.24) is 30.6 Å². The maximum Gasteiger partial charge on any atom is 0.223 e. The second-order valence-corrected chi connectivity index (χ2v) is 7.66. The molecule has 0 aliphatic carbocycles. The minimum atomic E-state index is 0.0230. The smallest absolute Gasteiger partial charge is 0.223 e. The summed E-state index contributed by atoms with van der Waals surface area (Å²) in [5, 5.41) is 19.6. The van der Waals surface area contributed by atoms with Crippen molar-refractivity contribution in [2.75, 3.05) is 18.0 Å². The Kier molecular flexibility index (Phi) is 5.38. The standard InChI is InChI=1S/C19H22ClN7O/c1-13(11-14-3-2-4-16(20)12-14)21-19(28)15-7-9-26(10-8-15)18-6-5-17-22-24-25-27(17)23-18/h2-6,12-13,15H,7-11H2,1H3,(H,21,28)/t13-/m0/s1. The normalized spacial score (nSPS) is 16.3. The molecule has 3 heterocycles. The number of fused-ring (bicyclic) bond motifs is 1. The molecule has 8 nitrogen and oxygen atoms in total. The van der Waals surface area contributed by atoms with Crippen molar-refractivity contribution >= 4 is 29.0 Å². The van der Waals surface area contributed by atoms with Crippen LogP contribution in [0.25, 0.3) is 5.65 Å². The summed E-state index contributed by atoms with van der Waals surface area (Å²) in [6.45, 7) is 3.59. The number of hydrogen-bond acceptors (Lipinski definition) is 6. The molecule has 1 atom stereocenters. The van der Waals surface area contributed by atoms with E-state index in [1.807, 2.05) is 43.3 Å². The van der Waals surface area contributed by atoms with Crippen LogP contribution in [0.2, 0.25) is 5.02 Å². The lowest BCUT2D eigenvalue weighted by molar-refractivity contribution is -0.126. The molecule has 0 bridgehead atoms. The van der Waals surface area contributed by atoms with Gasteiger partial charge in [-0.2, -0.15) is 0 Å². The first-order valence-electron chi connectivity index (χ1n) is 9.44. The fourth-order valence-electron chi connectivity index (χ4n) is 3.61. The van der Waals surface area contributed by atoms with Gasteiger partial charge in [-0.3, -0.25) is 4.79 Å². The molecule has 1 amide bonds. The number of aromatic nitrogens is 5. The zero-order valence-electron chi connectivity index (χ0n) is 15.6. The second-order valence-electron chi connectivity index (χ2n) is 7.22. The van der Waals surface area contributed by atoms with E-state index in [-0.39, 0.29) is 17.9 Å². The molecular formula is C19H22ClN7O. The number of nitrogens with one attached hydrogen (secondary N) is 1. The summed E-state index contributed by atoms with van der Waals surface area (Å²) in [5.74, 6) is 0.973. The maximum absolute atomic E-state index is 12.6.